The monoisotopic (exact) mass is 215 g/mol. The number of hydrogen-bond acceptors (Lipinski definition) is 3. The van der Waals surface area contributed by atoms with E-state index in [1.165, 1.54) is 0 Å². The number of phenolic OH excluding ortho intramolecular Hbond substituents is 2. The highest BCUT2D eigenvalue weighted by atomic mass is 16.3. The van der Waals surface area contributed by atoms with Crippen molar-refractivity contribution in [2.45, 2.75) is 6.54 Å². The molecule has 0 saturated carbocycles. The fourth-order valence-corrected chi connectivity index (χ4v) is 1.63. The fourth-order valence-electron chi connectivity index (χ4n) is 1.63. The van der Waals surface area contributed by atoms with Gasteiger partial charge in [-0.2, -0.15) is 0 Å². The average molecular weight is 215 g/mol. The lowest BCUT2D eigenvalue weighted by molar-refractivity contribution is 0.468. The first-order valence-corrected chi connectivity index (χ1v) is 5.02. The summed E-state index contributed by atoms with van der Waals surface area (Å²) in [5.74, 6) is 0.401. The van der Waals surface area contributed by atoms with Crippen molar-refractivity contribution in [1.82, 2.24) is 0 Å². The summed E-state index contributed by atoms with van der Waals surface area (Å²) < 4.78 is 0. The minimum atomic E-state index is 0.182. The predicted octanol–water partition coefficient (Wildman–Crippen LogP) is 2.22. The Kier molecular flexibility index (Phi) is 2.79. The highest BCUT2D eigenvalue weighted by Crippen LogP contribution is 2.31. The molecule has 0 aromatic heterocycles. The molecule has 0 spiro atoms. The summed E-state index contributed by atoms with van der Waals surface area (Å²) in [6.07, 6.45) is 0. The van der Waals surface area contributed by atoms with Crippen molar-refractivity contribution in [1.29, 1.82) is 0 Å². The quantitative estimate of drug-likeness (QED) is 0.719. The van der Waals surface area contributed by atoms with Gasteiger partial charge in [-0.3, -0.25) is 0 Å². The van der Waals surface area contributed by atoms with Crippen molar-refractivity contribution in [3.05, 3.63) is 48.0 Å². The number of hydrogen-bond donors (Lipinski definition) is 3. The third kappa shape index (κ3) is 1.85. The van der Waals surface area contributed by atoms with E-state index in [4.69, 9.17) is 5.73 Å². The maximum atomic E-state index is 9.70. The Balaban J connectivity index is 2.53. The number of rotatable bonds is 2. The summed E-state index contributed by atoms with van der Waals surface area (Å²) in [6.45, 7) is 0.271. The number of aromatic hydroxyl groups is 2. The molecule has 0 unspecified atom stereocenters. The van der Waals surface area contributed by atoms with Crippen molar-refractivity contribution in [2.75, 3.05) is 0 Å². The van der Waals surface area contributed by atoms with E-state index in [-0.39, 0.29) is 18.0 Å². The van der Waals surface area contributed by atoms with Crippen LogP contribution in [0.15, 0.2) is 42.5 Å². The van der Waals surface area contributed by atoms with Crippen LogP contribution in [0.4, 0.5) is 0 Å². The van der Waals surface area contributed by atoms with Gasteiger partial charge in [-0.1, -0.05) is 24.3 Å². The van der Waals surface area contributed by atoms with Crippen molar-refractivity contribution >= 4 is 0 Å². The molecule has 2 rings (SSSR count). The topological polar surface area (TPSA) is 66.5 Å². The number of phenols is 2. The molecule has 3 nitrogen and oxygen atoms in total. The highest BCUT2D eigenvalue weighted by molar-refractivity contribution is 5.71. The second kappa shape index (κ2) is 4.24. The second-order valence-electron chi connectivity index (χ2n) is 3.56. The van der Waals surface area contributed by atoms with Gasteiger partial charge in [0.25, 0.3) is 0 Å². The van der Waals surface area contributed by atoms with Crippen molar-refractivity contribution in [2.24, 2.45) is 5.73 Å². The van der Waals surface area contributed by atoms with Gasteiger partial charge in [0, 0.05) is 17.7 Å². The van der Waals surface area contributed by atoms with E-state index in [1.807, 2.05) is 12.1 Å². The zero-order valence-electron chi connectivity index (χ0n) is 8.72. The number of nitrogens with two attached hydrogens (primary N) is 1. The summed E-state index contributed by atoms with van der Waals surface area (Å²) in [5, 5.41) is 19.2. The van der Waals surface area contributed by atoms with Gasteiger partial charge in [0.2, 0.25) is 0 Å². The van der Waals surface area contributed by atoms with Crippen molar-refractivity contribution in [3.63, 3.8) is 0 Å². The van der Waals surface area contributed by atoms with E-state index in [0.717, 1.165) is 11.1 Å². The van der Waals surface area contributed by atoms with Gasteiger partial charge in [-0.05, 0) is 23.8 Å². The molecule has 0 aliphatic rings. The first-order valence-electron chi connectivity index (χ1n) is 5.02. The van der Waals surface area contributed by atoms with Crippen LogP contribution in [0.2, 0.25) is 0 Å². The van der Waals surface area contributed by atoms with Crippen LogP contribution in [0.25, 0.3) is 11.1 Å². The molecule has 0 aliphatic heterocycles. The summed E-state index contributed by atoms with van der Waals surface area (Å²) in [7, 11) is 0. The predicted molar refractivity (Wildman–Crippen MR) is 63.1 cm³/mol. The normalized spacial score (nSPS) is 10.3. The van der Waals surface area contributed by atoms with Crippen LogP contribution in [0.1, 0.15) is 5.56 Å². The summed E-state index contributed by atoms with van der Waals surface area (Å²) in [5.41, 5.74) is 7.76. The van der Waals surface area contributed by atoms with Gasteiger partial charge < -0.3 is 15.9 Å². The number of para-hydroxylation sites is 1. The Morgan fingerprint density at radius 1 is 0.938 bits per heavy atom. The van der Waals surface area contributed by atoms with E-state index < -0.39 is 0 Å². The van der Waals surface area contributed by atoms with Crippen LogP contribution in [0.5, 0.6) is 11.5 Å². The van der Waals surface area contributed by atoms with E-state index >= 15 is 0 Å². The molecule has 0 heterocycles. The Hall–Kier alpha value is -2.00. The Bertz CT molecular complexity index is 509. The summed E-state index contributed by atoms with van der Waals surface area (Å²) in [6, 6.07) is 12.2. The summed E-state index contributed by atoms with van der Waals surface area (Å²) in [4.78, 5) is 0. The van der Waals surface area contributed by atoms with E-state index in [1.54, 1.807) is 30.3 Å². The van der Waals surface area contributed by atoms with Crippen LogP contribution in [0, 0.1) is 0 Å². The first kappa shape index (κ1) is 10.5. The van der Waals surface area contributed by atoms with Gasteiger partial charge >= 0.3 is 0 Å². The molecule has 0 bridgehead atoms. The standard InChI is InChI=1S/C13H13NO2/c14-8-10-7-9(5-6-12(10)15)11-3-1-2-4-13(11)16/h1-7,15-16H,8,14H2. The maximum absolute atomic E-state index is 9.70. The molecule has 0 saturated heterocycles. The third-order valence-corrected chi connectivity index (χ3v) is 2.51. The Labute approximate surface area is 93.8 Å². The van der Waals surface area contributed by atoms with Crippen molar-refractivity contribution in [3.8, 4) is 22.6 Å². The lowest BCUT2D eigenvalue weighted by Gasteiger charge is -2.07. The SMILES string of the molecule is NCc1cc(-c2ccccc2O)ccc1O. The molecular weight excluding hydrogens is 202 g/mol. The van der Waals surface area contributed by atoms with Gasteiger partial charge in [-0.15, -0.1) is 0 Å². The van der Waals surface area contributed by atoms with Crippen LogP contribution >= 0.6 is 0 Å². The van der Waals surface area contributed by atoms with E-state index in [0.29, 0.717) is 5.56 Å². The lowest BCUT2D eigenvalue weighted by atomic mass is 10.0. The second-order valence-corrected chi connectivity index (χ2v) is 3.56. The minimum Gasteiger partial charge on any atom is -0.508 e. The third-order valence-electron chi connectivity index (χ3n) is 2.51. The van der Waals surface area contributed by atoms with E-state index in [2.05, 4.69) is 0 Å². The van der Waals surface area contributed by atoms with Crippen LogP contribution in [-0.2, 0) is 6.54 Å². The minimum absolute atomic E-state index is 0.182. The molecule has 4 N–H and O–H groups in total. The molecule has 82 valence electrons. The zero-order valence-corrected chi connectivity index (χ0v) is 8.72. The van der Waals surface area contributed by atoms with Gasteiger partial charge in [0.1, 0.15) is 11.5 Å². The average Bonchev–Trinajstić information content (AvgIpc) is 2.31. The van der Waals surface area contributed by atoms with Crippen molar-refractivity contribution < 1.29 is 10.2 Å². The first-order chi connectivity index (χ1) is 7.72. The van der Waals surface area contributed by atoms with Crippen LogP contribution in [0.3, 0.4) is 0 Å². The molecule has 3 heteroatoms. The Morgan fingerprint density at radius 2 is 1.69 bits per heavy atom. The summed E-state index contributed by atoms with van der Waals surface area (Å²) >= 11 is 0. The maximum Gasteiger partial charge on any atom is 0.123 e. The molecule has 0 fully saturated rings. The zero-order chi connectivity index (χ0) is 11.5. The van der Waals surface area contributed by atoms with E-state index in [9.17, 15) is 10.2 Å². The van der Waals surface area contributed by atoms with Crippen LogP contribution < -0.4 is 5.73 Å². The van der Waals surface area contributed by atoms with Crippen LogP contribution in [-0.4, -0.2) is 10.2 Å². The molecule has 0 atom stereocenters. The Morgan fingerprint density at radius 3 is 2.38 bits per heavy atom. The molecule has 2 aromatic rings. The molecule has 2 aromatic carbocycles. The molecule has 0 amide bonds. The smallest absolute Gasteiger partial charge is 0.123 e. The molecule has 16 heavy (non-hydrogen) atoms. The largest absolute Gasteiger partial charge is 0.508 e. The molecule has 0 radical (unpaired) electrons. The van der Waals surface area contributed by atoms with Gasteiger partial charge in [0.15, 0.2) is 0 Å². The lowest BCUT2D eigenvalue weighted by Crippen LogP contribution is -1.96. The molecule has 0 aliphatic carbocycles. The number of benzene rings is 2. The van der Waals surface area contributed by atoms with Gasteiger partial charge in [-0.25, -0.2) is 0 Å². The highest BCUT2D eigenvalue weighted by Gasteiger charge is 2.06. The fraction of sp³-hybridized carbons (Fsp3) is 0.0769. The van der Waals surface area contributed by atoms with Gasteiger partial charge in [0.05, 0.1) is 0 Å². The molecular formula is C13H13NO2.